The van der Waals surface area contributed by atoms with Crippen LogP contribution in [0.25, 0.3) is 88.0 Å². The minimum atomic E-state index is -0.784. The predicted octanol–water partition coefficient (Wildman–Crippen LogP) is 12.6. The van der Waals surface area contributed by atoms with Gasteiger partial charge in [0.15, 0.2) is 0 Å². The molecule has 0 amide bonds. The van der Waals surface area contributed by atoms with Gasteiger partial charge in [-0.15, -0.1) is 0 Å². The zero-order valence-electron chi connectivity index (χ0n) is 39.3. The zero-order valence-corrected chi connectivity index (χ0v) is 23.3. The first-order chi connectivity index (χ1) is 29.0. The summed E-state index contributed by atoms with van der Waals surface area (Å²) in [5.74, 6) is 0. The number of hydrogen-bond acceptors (Lipinski definition) is 1. The topological polar surface area (TPSA) is 13.1 Å². The minimum Gasteiger partial charge on any atom is -0.456 e. The van der Waals surface area contributed by atoms with Crippen LogP contribution >= 0.6 is 0 Å². The fraction of sp³-hybridized carbons (Fsp3) is 0. The number of fused-ring (bicyclic) bond motifs is 5. The molecule has 1 heteroatoms. The molecule has 8 aromatic carbocycles. The van der Waals surface area contributed by atoms with Crippen LogP contribution in [-0.2, 0) is 0 Å². The van der Waals surface area contributed by atoms with Gasteiger partial charge in [-0.05, 0) is 78.2 Å². The molecule has 210 valence electrons. The molecule has 0 aliphatic rings. The van der Waals surface area contributed by atoms with E-state index >= 15 is 0 Å². The summed E-state index contributed by atoms with van der Waals surface area (Å²) < 4.78 is 153. The van der Waals surface area contributed by atoms with E-state index in [0.717, 1.165) is 0 Å². The van der Waals surface area contributed by atoms with Crippen LogP contribution in [0.2, 0.25) is 0 Å². The summed E-state index contributed by atoms with van der Waals surface area (Å²) in [4.78, 5) is 0. The zero-order chi connectivity index (χ0) is 43.7. The Labute approximate surface area is 284 Å². The molecule has 0 unspecified atom stereocenters. The molecule has 0 saturated carbocycles. The van der Waals surface area contributed by atoms with E-state index in [9.17, 15) is 12.3 Å². The number of hydrogen-bond donors (Lipinski definition) is 0. The molecule has 0 aliphatic heterocycles. The number of furan rings is 1. The molecule has 0 atom stereocenters. The van der Waals surface area contributed by atoms with Crippen LogP contribution < -0.4 is 0 Å². The maximum atomic E-state index is 9.56. The molecular formula is C44H28O. The lowest BCUT2D eigenvalue weighted by Crippen LogP contribution is -1.92. The summed E-state index contributed by atoms with van der Waals surface area (Å²) in [6.07, 6.45) is 0. The van der Waals surface area contributed by atoms with Crippen LogP contribution in [0.3, 0.4) is 0 Å². The number of para-hydroxylation sites is 1. The molecular weight excluding hydrogens is 544 g/mol. The quantitative estimate of drug-likeness (QED) is 0.186. The first-order valence-corrected chi connectivity index (χ1v) is 14.1. The molecule has 0 bridgehead atoms. The number of rotatable bonds is 4. The van der Waals surface area contributed by atoms with E-state index in [1.54, 1.807) is 72.8 Å². The van der Waals surface area contributed by atoms with Gasteiger partial charge in [-0.1, -0.05) is 157 Å². The average molecular weight is 589 g/mol. The predicted molar refractivity (Wildman–Crippen MR) is 190 cm³/mol. The van der Waals surface area contributed by atoms with Gasteiger partial charge < -0.3 is 4.42 Å². The highest BCUT2D eigenvalue weighted by atomic mass is 16.3. The average Bonchev–Trinajstić information content (AvgIpc) is 3.65. The molecule has 1 nitrogen and oxygen atoms in total. The van der Waals surface area contributed by atoms with Crippen LogP contribution in [0.4, 0.5) is 0 Å². The third-order valence-electron chi connectivity index (χ3n) is 7.92. The van der Waals surface area contributed by atoms with E-state index in [2.05, 4.69) is 0 Å². The lowest BCUT2D eigenvalue weighted by Gasteiger charge is -2.20. The second kappa shape index (κ2) is 10.4. The van der Waals surface area contributed by atoms with Gasteiger partial charge in [0, 0.05) is 10.8 Å². The van der Waals surface area contributed by atoms with Crippen LogP contribution in [0, 0.1) is 0 Å². The molecule has 1 heterocycles. The standard InChI is InChI=1S/C44H28O/c1-2-13-29(14-3-1)32-15-4-5-16-34(32)43-37-19-8-6-17-35(37)42(36-18-7-9-20-38(36)43)31-27-25-30(26-28-31)33-22-12-24-41-44(33)39-21-10-11-23-40(39)45-41/h1-28H/i4D,5D,6D,7D,8D,9D,15D,16D,17D,18D,19D,20D,25D,26D,27D,28D. The summed E-state index contributed by atoms with van der Waals surface area (Å²) in [6, 6.07) is 9.11. The molecule has 0 aliphatic carbocycles. The Balaban J connectivity index is 1.55. The first-order valence-electron chi connectivity index (χ1n) is 22.1. The molecule has 0 radical (unpaired) electrons. The van der Waals surface area contributed by atoms with Crippen molar-refractivity contribution in [1.82, 2.24) is 0 Å². The van der Waals surface area contributed by atoms with Gasteiger partial charge in [0.2, 0.25) is 0 Å². The molecule has 9 aromatic rings. The van der Waals surface area contributed by atoms with Crippen molar-refractivity contribution in [2.75, 3.05) is 0 Å². The Hall–Kier alpha value is -5.92. The van der Waals surface area contributed by atoms with E-state index in [1.807, 2.05) is 0 Å². The van der Waals surface area contributed by atoms with Crippen LogP contribution in [-0.4, -0.2) is 0 Å². The van der Waals surface area contributed by atoms with Gasteiger partial charge in [0.05, 0.1) is 21.9 Å². The molecule has 0 N–H and O–H groups in total. The summed E-state index contributed by atoms with van der Waals surface area (Å²) in [6.45, 7) is 0. The highest BCUT2D eigenvalue weighted by Gasteiger charge is 2.19. The van der Waals surface area contributed by atoms with Crippen LogP contribution in [0.15, 0.2) is 174 Å². The van der Waals surface area contributed by atoms with Gasteiger partial charge in [-0.25, -0.2) is 0 Å². The monoisotopic (exact) mass is 588 g/mol. The summed E-state index contributed by atoms with van der Waals surface area (Å²) >= 11 is 0. The van der Waals surface area contributed by atoms with E-state index in [-0.39, 0.29) is 27.8 Å². The Morgan fingerprint density at radius 1 is 0.356 bits per heavy atom. The SMILES string of the molecule is [2H]c1c([2H])c([2H])c(-c2c3c([2H])c([2H])c([2H])c([2H])c3c(-c3c([2H])c([2H])c(-c4cccc5oc6ccccc6c45)c([2H])c3[2H])c3c([2H])c([2H])c([2H])c([2H])c23)c(-c2ccccc2)c1[2H]. The summed E-state index contributed by atoms with van der Waals surface area (Å²) in [5.41, 5.74) is -0.325. The van der Waals surface area contributed by atoms with Crippen molar-refractivity contribution in [3.05, 3.63) is 169 Å². The summed E-state index contributed by atoms with van der Waals surface area (Å²) in [5, 5.41) is -0.547. The molecule has 45 heavy (non-hydrogen) atoms. The van der Waals surface area contributed by atoms with Crippen molar-refractivity contribution in [1.29, 1.82) is 0 Å². The van der Waals surface area contributed by atoms with Crippen molar-refractivity contribution in [3.8, 4) is 44.5 Å². The Bertz CT molecular complexity index is 3320. The van der Waals surface area contributed by atoms with Crippen molar-refractivity contribution in [2.45, 2.75) is 0 Å². The highest BCUT2D eigenvalue weighted by Crippen LogP contribution is 2.46. The fourth-order valence-electron chi connectivity index (χ4n) is 6.00. The molecule has 1 aromatic heterocycles. The maximum Gasteiger partial charge on any atom is 0.136 e. The summed E-state index contributed by atoms with van der Waals surface area (Å²) in [7, 11) is 0. The van der Waals surface area contributed by atoms with Crippen molar-refractivity contribution >= 4 is 43.5 Å². The Morgan fingerprint density at radius 3 is 1.62 bits per heavy atom. The molecule has 0 fully saturated rings. The van der Waals surface area contributed by atoms with Gasteiger partial charge in [-0.2, -0.15) is 0 Å². The van der Waals surface area contributed by atoms with Crippen molar-refractivity contribution < 1.29 is 26.3 Å². The van der Waals surface area contributed by atoms with E-state index in [0.29, 0.717) is 27.5 Å². The van der Waals surface area contributed by atoms with Gasteiger partial charge in [-0.3, -0.25) is 0 Å². The number of benzene rings is 8. The van der Waals surface area contributed by atoms with Crippen molar-refractivity contribution in [2.24, 2.45) is 0 Å². The van der Waals surface area contributed by atoms with Gasteiger partial charge in [0.1, 0.15) is 11.2 Å². The Morgan fingerprint density at radius 2 is 0.911 bits per heavy atom. The second-order valence-corrected chi connectivity index (χ2v) is 10.4. The van der Waals surface area contributed by atoms with Crippen LogP contribution in [0.5, 0.6) is 0 Å². The lowest BCUT2D eigenvalue weighted by molar-refractivity contribution is 0.669. The molecule has 0 saturated heterocycles. The minimum absolute atomic E-state index is 0.113. The molecule has 0 spiro atoms. The third-order valence-corrected chi connectivity index (χ3v) is 7.92. The second-order valence-electron chi connectivity index (χ2n) is 10.4. The first kappa shape index (κ1) is 14.2. The highest BCUT2D eigenvalue weighted by molar-refractivity contribution is 6.22. The van der Waals surface area contributed by atoms with Gasteiger partial charge >= 0.3 is 0 Å². The largest absolute Gasteiger partial charge is 0.456 e. The van der Waals surface area contributed by atoms with E-state index in [1.165, 1.54) is 0 Å². The van der Waals surface area contributed by atoms with E-state index < -0.39 is 129 Å². The van der Waals surface area contributed by atoms with E-state index in [4.69, 9.17) is 14.0 Å². The lowest BCUT2D eigenvalue weighted by atomic mass is 9.83. The molecule has 9 rings (SSSR count). The fourth-order valence-corrected chi connectivity index (χ4v) is 6.00. The third kappa shape index (κ3) is 4.09. The normalized spacial score (nSPS) is 16.5. The van der Waals surface area contributed by atoms with Gasteiger partial charge in [0.25, 0.3) is 0 Å². The Kier molecular flexibility index (Phi) is 3.28. The maximum absolute atomic E-state index is 9.56. The smallest absolute Gasteiger partial charge is 0.136 e. The van der Waals surface area contributed by atoms with Crippen molar-refractivity contribution in [3.63, 3.8) is 0 Å². The van der Waals surface area contributed by atoms with Crippen LogP contribution in [0.1, 0.15) is 21.9 Å².